The molecule has 1 fully saturated rings. The van der Waals surface area contributed by atoms with E-state index in [2.05, 4.69) is 5.10 Å². The summed E-state index contributed by atoms with van der Waals surface area (Å²) in [7, 11) is 0. The van der Waals surface area contributed by atoms with E-state index in [4.69, 9.17) is 21.1 Å². The maximum atomic E-state index is 12.2. The third kappa shape index (κ3) is 2.59. The van der Waals surface area contributed by atoms with E-state index in [1.54, 1.807) is 36.6 Å². The molecule has 3 heterocycles. The minimum Gasteiger partial charge on any atom is -0.465 e. The van der Waals surface area contributed by atoms with Gasteiger partial charge in [-0.1, -0.05) is 11.8 Å². The summed E-state index contributed by atoms with van der Waals surface area (Å²) in [5, 5.41) is 5.20. The fourth-order valence-electron chi connectivity index (χ4n) is 1.54. The van der Waals surface area contributed by atoms with Crippen LogP contribution in [0.3, 0.4) is 0 Å². The van der Waals surface area contributed by atoms with Crippen molar-refractivity contribution in [2.24, 2.45) is 5.10 Å². The maximum absolute atomic E-state index is 12.2. The number of thiocarbonyl (C=S) groups is 1. The minimum absolute atomic E-state index is 0.279. The van der Waals surface area contributed by atoms with Crippen molar-refractivity contribution in [1.82, 2.24) is 5.01 Å². The van der Waals surface area contributed by atoms with Gasteiger partial charge in [-0.25, -0.2) is 0 Å². The van der Waals surface area contributed by atoms with Crippen molar-refractivity contribution in [1.29, 1.82) is 0 Å². The molecule has 5 nitrogen and oxygen atoms in total. The molecule has 0 saturated carbocycles. The zero-order valence-corrected chi connectivity index (χ0v) is 11.7. The highest BCUT2D eigenvalue weighted by molar-refractivity contribution is 8.26. The Kier molecular flexibility index (Phi) is 3.53. The van der Waals surface area contributed by atoms with Crippen molar-refractivity contribution >= 4 is 46.5 Å². The summed E-state index contributed by atoms with van der Waals surface area (Å²) >= 11 is 6.32. The van der Waals surface area contributed by atoms with E-state index in [1.807, 2.05) is 0 Å². The molecule has 7 heteroatoms. The Bertz CT molecular complexity index is 687. The van der Waals surface area contributed by atoms with Gasteiger partial charge >= 0.3 is 0 Å². The Morgan fingerprint density at radius 3 is 2.55 bits per heavy atom. The Morgan fingerprint density at radius 2 is 1.90 bits per heavy atom. The van der Waals surface area contributed by atoms with E-state index in [-0.39, 0.29) is 5.91 Å². The Balaban J connectivity index is 1.80. The smallest absolute Gasteiger partial charge is 0.286 e. The van der Waals surface area contributed by atoms with Crippen molar-refractivity contribution in [3.8, 4) is 0 Å². The van der Waals surface area contributed by atoms with E-state index in [1.165, 1.54) is 24.2 Å². The first-order valence-corrected chi connectivity index (χ1v) is 6.85. The molecule has 0 atom stereocenters. The first-order chi connectivity index (χ1) is 9.74. The largest absolute Gasteiger partial charge is 0.465 e. The number of carbonyl (C=O) groups excluding carboxylic acids is 1. The SMILES string of the molecule is O=C1/C(=C\c2ccco2)SC(=S)N1N=Cc1ccco1. The average Bonchev–Trinajstić information content (AvgIpc) is 3.13. The van der Waals surface area contributed by atoms with Gasteiger partial charge in [-0.15, -0.1) is 0 Å². The van der Waals surface area contributed by atoms with Crippen LogP contribution in [0.4, 0.5) is 0 Å². The lowest BCUT2D eigenvalue weighted by molar-refractivity contribution is -0.122. The van der Waals surface area contributed by atoms with E-state index in [0.29, 0.717) is 20.7 Å². The minimum atomic E-state index is -0.279. The first kappa shape index (κ1) is 12.9. The number of hydrazone groups is 1. The number of hydrogen-bond acceptors (Lipinski definition) is 6. The molecule has 3 rings (SSSR count). The summed E-state index contributed by atoms with van der Waals surface area (Å²) < 4.78 is 10.7. The van der Waals surface area contributed by atoms with Gasteiger partial charge < -0.3 is 8.83 Å². The monoisotopic (exact) mass is 304 g/mol. The lowest BCUT2D eigenvalue weighted by Crippen LogP contribution is -2.22. The van der Waals surface area contributed by atoms with Crippen LogP contribution >= 0.6 is 24.0 Å². The van der Waals surface area contributed by atoms with Crippen molar-refractivity contribution in [2.75, 3.05) is 0 Å². The Morgan fingerprint density at radius 1 is 1.20 bits per heavy atom. The van der Waals surface area contributed by atoms with Gasteiger partial charge in [0.15, 0.2) is 4.32 Å². The van der Waals surface area contributed by atoms with Crippen molar-refractivity contribution in [2.45, 2.75) is 0 Å². The third-order valence-corrected chi connectivity index (χ3v) is 3.72. The molecule has 1 aliphatic rings. The third-order valence-electron chi connectivity index (χ3n) is 2.43. The molecule has 1 saturated heterocycles. The predicted molar refractivity (Wildman–Crippen MR) is 80.0 cm³/mol. The number of amides is 1. The van der Waals surface area contributed by atoms with Crippen molar-refractivity contribution < 1.29 is 13.6 Å². The van der Waals surface area contributed by atoms with Crippen LogP contribution in [0.15, 0.2) is 55.6 Å². The molecule has 0 radical (unpaired) electrons. The number of rotatable bonds is 3. The molecule has 2 aromatic rings. The fraction of sp³-hybridized carbons (Fsp3) is 0. The lowest BCUT2D eigenvalue weighted by atomic mass is 10.4. The quantitative estimate of drug-likeness (QED) is 0.495. The summed E-state index contributed by atoms with van der Waals surface area (Å²) in [5.74, 6) is 0.869. The van der Waals surface area contributed by atoms with Crippen LogP contribution in [0.1, 0.15) is 11.5 Å². The van der Waals surface area contributed by atoms with Gasteiger partial charge in [-0.2, -0.15) is 10.1 Å². The Hall–Kier alpha value is -2.12. The van der Waals surface area contributed by atoms with Crippen LogP contribution < -0.4 is 0 Å². The second-order valence-electron chi connectivity index (χ2n) is 3.77. The number of nitrogens with zero attached hydrogens (tertiary/aromatic N) is 2. The molecule has 0 aromatic carbocycles. The maximum Gasteiger partial charge on any atom is 0.286 e. The van der Waals surface area contributed by atoms with Crippen LogP contribution in [0, 0.1) is 0 Å². The second kappa shape index (κ2) is 5.48. The standard InChI is InChI=1S/C13H8N2O3S2/c16-12-11(7-9-3-1-5-17-9)20-13(19)15(12)14-8-10-4-2-6-18-10/h1-8H/b11-7+,14-8?. The summed E-state index contributed by atoms with van der Waals surface area (Å²) in [6.07, 6.45) is 6.16. The van der Waals surface area contributed by atoms with E-state index >= 15 is 0 Å². The lowest BCUT2D eigenvalue weighted by Gasteiger charge is -2.04. The number of furan rings is 2. The van der Waals surface area contributed by atoms with E-state index in [0.717, 1.165) is 5.01 Å². The molecule has 1 amide bonds. The molecule has 20 heavy (non-hydrogen) atoms. The summed E-state index contributed by atoms with van der Waals surface area (Å²) in [6.45, 7) is 0. The van der Waals surface area contributed by atoms with Gasteiger partial charge in [-0.05, 0) is 36.5 Å². The van der Waals surface area contributed by atoms with Crippen LogP contribution in [-0.4, -0.2) is 21.5 Å². The molecule has 0 N–H and O–H groups in total. The Labute approximate surface area is 123 Å². The molecule has 0 spiro atoms. The van der Waals surface area contributed by atoms with Crippen LogP contribution in [0.2, 0.25) is 0 Å². The second-order valence-corrected chi connectivity index (χ2v) is 5.44. The molecule has 2 aromatic heterocycles. The molecule has 1 aliphatic heterocycles. The number of hydrogen-bond donors (Lipinski definition) is 0. The highest BCUT2D eigenvalue weighted by Gasteiger charge is 2.32. The highest BCUT2D eigenvalue weighted by atomic mass is 32.2. The van der Waals surface area contributed by atoms with Crippen LogP contribution in [0.25, 0.3) is 6.08 Å². The van der Waals surface area contributed by atoms with E-state index in [9.17, 15) is 4.79 Å². The van der Waals surface area contributed by atoms with Crippen molar-refractivity contribution in [3.05, 3.63) is 53.2 Å². The average molecular weight is 304 g/mol. The highest BCUT2D eigenvalue weighted by Crippen LogP contribution is 2.32. The summed E-state index contributed by atoms with van der Waals surface area (Å²) in [4.78, 5) is 12.6. The topological polar surface area (TPSA) is 59.0 Å². The normalized spacial score (nSPS) is 17.8. The zero-order valence-electron chi connectivity index (χ0n) is 10.1. The molecule has 0 aliphatic carbocycles. The molecular formula is C13H8N2O3S2. The number of carbonyl (C=O) groups is 1. The fourth-order valence-corrected chi connectivity index (χ4v) is 2.69. The van der Waals surface area contributed by atoms with Crippen molar-refractivity contribution in [3.63, 3.8) is 0 Å². The number of thioether (sulfide) groups is 1. The molecular weight excluding hydrogens is 296 g/mol. The van der Waals surface area contributed by atoms with Gasteiger partial charge in [0.2, 0.25) is 0 Å². The van der Waals surface area contributed by atoms with Gasteiger partial charge in [0.1, 0.15) is 11.5 Å². The van der Waals surface area contributed by atoms with Crippen LogP contribution in [-0.2, 0) is 4.79 Å². The van der Waals surface area contributed by atoms with Gasteiger partial charge in [-0.3, -0.25) is 4.79 Å². The molecule has 0 unspecified atom stereocenters. The summed E-state index contributed by atoms with van der Waals surface area (Å²) in [6, 6.07) is 6.99. The van der Waals surface area contributed by atoms with Gasteiger partial charge in [0.05, 0.1) is 23.6 Å². The van der Waals surface area contributed by atoms with Gasteiger partial charge in [0, 0.05) is 6.08 Å². The molecule has 0 bridgehead atoms. The zero-order chi connectivity index (χ0) is 13.9. The van der Waals surface area contributed by atoms with Crippen LogP contribution in [0.5, 0.6) is 0 Å². The molecule has 100 valence electrons. The first-order valence-electron chi connectivity index (χ1n) is 5.63. The predicted octanol–water partition coefficient (Wildman–Crippen LogP) is 3.11. The summed E-state index contributed by atoms with van der Waals surface area (Å²) in [5.41, 5.74) is 0. The van der Waals surface area contributed by atoms with E-state index < -0.39 is 0 Å². The van der Waals surface area contributed by atoms with Gasteiger partial charge in [0.25, 0.3) is 5.91 Å².